The largest absolute Gasteiger partial charge is 0.378 e. The third-order valence-electron chi connectivity index (χ3n) is 3.60. The summed E-state index contributed by atoms with van der Waals surface area (Å²) in [7, 11) is 0. The van der Waals surface area contributed by atoms with Crippen LogP contribution in [-0.4, -0.2) is 41.8 Å². The van der Waals surface area contributed by atoms with E-state index in [2.05, 4.69) is 19.8 Å². The van der Waals surface area contributed by atoms with Crippen LogP contribution in [-0.2, 0) is 11.2 Å². The number of aromatic nitrogens is 2. The SMILES string of the molecule is CCc1nnsc1C(=O)Nc1ccc(N2CCOCC2)cc1. The zero-order valence-electron chi connectivity index (χ0n) is 12.4. The number of ether oxygens (including phenoxy) is 1. The Hall–Kier alpha value is -1.99. The number of hydrogen-bond acceptors (Lipinski definition) is 6. The third-order valence-corrected chi connectivity index (χ3v) is 4.37. The van der Waals surface area contributed by atoms with Gasteiger partial charge in [-0.1, -0.05) is 11.4 Å². The van der Waals surface area contributed by atoms with Crippen molar-refractivity contribution in [3.8, 4) is 0 Å². The summed E-state index contributed by atoms with van der Waals surface area (Å²) >= 11 is 1.13. The normalized spacial score (nSPS) is 14.9. The fourth-order valence-electron chi connectivity index (χ4n) is 2.38. The molecule has 0 aliphatic carbocycles. The van der Waals surface area contributed by atoms with Gasteiger partial charge >= 0.3 is 0 Å². The molecule has 116 valence electrons. The van der Waals surface area contributed by atoms with Crippen molar-refractivity contribution < 1.29 is 9.53 Å². The first-order valence-corrected chi connectivity index (χ1v) is 8.10. The van der Waals surface area contributed by atoms with Crippen LogP contribution < -0.4 is 10.2 Å². The monoisotopic (exact) mass is 318 g/mol. The molecule has 2 aromatic rings. The molecule has 0 radical (unpaired) electrons. The molecule has 1 aromatic carbocycles. The van der Waals surface area contributed by atoms with E-state index in [0.29, 0.717) is 11.3 Å². The molecule has 0 bridgehead atoms. The molecule has 2 heterocycles. The molecule has 1 amide bonds. The second kappa shape index (κ2) is 6.85. The van der Waals surface area contributed by atoms with E-state index < -0.39 is 0 Å². The Kier molecular flexibility index (Phi) is 4.65. The molecule has 0 saturated carbocycles. The van der Waals surface area contributed by atoms with E-state index in [4.69, 9.17) is 4.74 Å². The summed E-state index contributed by atoms with van der Waals surface area (Å²) in [4.78, 5) is 15.1. The minimum atomic E-state index is -0.147. The molecule has 1 saturated heterocycles. The van der Waals surface area contributed by atoms with Gasteiger partial charge in [0.25, 0.3) is 5.91 Å². The zero-order chi connectivity index (χ0) is 15.4. The van der Waals surface area contributed by atoms with Crippen LogP contribution in [0.4, 0.5) is 11.4 Å². The Morgan fingerprint density at radius 1 is 1.32 bits per heavy atom. The molecule has 0 spiro atoms. The van der Waals surface area contributed by atoms with Gasteiger partial charge in [-0.15, -0.1) is 5.10 Å². The first-order chi connectivity index (χ1) is 10.8. The molecule has 1 aromatic heterocycles. The van der Waals surface area contributed by atoms with Crippen molar-refractivity contribution in [1.82, 2.24) is 9.59 Å². The summed E-state index contributed by atoms with van der Waals surface area (Å²) in [5, 5.41) is 6.86. The van der Waals surface area contributed by atoms with Gasteiger partial charge in [0.15, 0.2) is 0 Å². The van der Waals surface area contributed by atoms with Crippen molar-refractivity contribution in [1.29, 1.82) is 0 Å². The van der Waals surface area contributed by atoms with Crippen LogP contribution in [0.2, 0.25) is 0 Å². The van der Waals surface area contributed by atoms with Gasteiger partial charge in [-0.2, -0.15) is 0 Å². The quantitative estimate of drug-likeness (QED) is 0.936. The van der Waals surface area contributed by atoms with Crippen LogP contribution in [0.1, 0.15) is 22.3 Å². The molecule has 1 N–H and O–H groups in total. The number of anilines is 2. The minimum absolute atomic E-state index is 0.147. The van der Waals surface area contributed by atoms with E-state index in [-0.39, 0.29) is 5.91 Å². The van der Waals surface area contributed by atoms with Crippen molar-refractivity contribution in [2.45, 2.75) is 13.3 Å². The number of rotatable bonds is 4. The lowest BCUT2D eigenvalue weighted by Crippen LogP contribution is -2.36. The third kappa shape index (κ3) is 3.26. The molecule has 7 heteroatoms. The highest BCUT2D eigenvalue weighted by Crippen LogP contribution is 2.20. The fourth-order valence-corrected chi connectivity index (χ4v) is 3.02. The molecule has 22 heavy (non-hydrogen) atoms. The second-order valence-corrected chi connectivity index (χ2v) is 5.76. The molecule has 1 aliphatic rings. The average molecular weight is 318 g/mol. The number of morpholine rings is 1. The fraction of sp³-hybridized carbons (Fsp3) is 0.400. The van der Waals surface area contributed by atoms with Crippen LogP contribution in [0, 0.1) is 0 Å². The van der Waals surface area contributed by atoms with E-state index in [9.17, 15) is 4.79 Å². The summed E-state index contributed by atoms with van der Waals surface area (Å²) in [6, 6.07) is 7.88. The molecular weight excluding hydrogens is 300 g/mol. The van der Waals surface area contributed by atoms with E-state index in [1.807, 2.05) is 31.2 Å². The molecule has 0 unspecified atom stereocenters. The van der Waals surface area contributed by atoms with E-state index in [1.165, 1.54) is 0 Å². The molecular formula is C15H18N4O2S. The maximum atomic E-state index is 12.2. The Bertz CT molecular complexity index is 635. The number of benzene rings is 1. The summed E-state index contributed by atoms with van der Waals surface area (Å²) in [5.41, 5.74) is 2.67. The van der Waals surface area contributed by atoms with Crippen LogP contribution in [0.15, 0.2) is 24.3 Å². The number of nitrogens with zero attached hydrogens (tertiary/aromatic N) is 3. The van der Waals surface area contributed by atoms with Gasteiger partial charge in [-0.05, 0) is 42.2 Å². The Morgan fingerprint density at radius 3 is 2.73 bits per heavy atom. The van der Waals surface area contributed by atoms with Crippen molar-refractivity contribution in [3.63, 3.8) is 0 Å². The predicted molar refractivity (Wildman–Crippen MR) is 86.7 cm³/mol. The standard InChI is InChI=1S/C15H18N4O2S/c1-2-13-14(22-18-17-13)15(20)16-11-3-5-12(6-4-11)19-7-9-21-10-8-19/h3-6H,2,7-10H2,1H3,(H,16,20). The van der Waals surface area contributed by atoms with Crippen LogP contribution in [0.5, 0.6) is 0 Å². The van der Waals surface area contributed by atoms with Crippen molar-refractivity contribution in [2.75, 3.05) is 36.5 Å². The first kappa shape index (κ1) is 14.9. The van der Waals surface area contributed by atoms with Gasteiger partial charge in [-0.3, -0.25) is 4.79 Å². The summed E-state index contributed by atoms with van der Waals surface area (Å²) < 4.78 is 9.19. The second-order valence-electron chi connectivity index (χ2n) is 5.00. The van der Waals surface area contributed by atoms with Gasteiger partial charge in [0.2, 0.25) is 0 Å². The Morgan fingerprint density at radius 2 is 2.05 bits per heavy atom. The van der Waals surface area contributed by atoms with Gasteiger partial charge in [0, 0.05) is 24.5 Å². The maximum Gasteiger partial charge on any atom is 0.269 e. The summed E-state index contributed by atoms with van der Waals surface area (Å²) in [5.74, 6) is -0.147. The molecule has 3 rings (SSSR count). The maximum absolute atomic E-state index is 12.2. The Balaban J connectivity index is 1.67. The van der Waals surface area contributed by atoms with Gasteiger partial charge in [-0.25, -0.2) is 0 Å². The van der Waals surface area contributed by atoms with Gasteiger partial charge in [0.05, 0.1) is 18.9 Å². The van der Waals surface area contributed by atoms with E-state index in [1.54, 1.807) is 0 Å². The van der Waals surface area contributed by atoms with Gasteiger partial charge < -0.3 is 15.0 Å². The number of amides is 1. The number of nitrogens with one attached hydrogen (secondary N) is 1. The van der Waals surface area contributed by atoms with E-state index in [0.717, 1.165) is 54.9 Å². The number of hydrogen-bond donors (Lipinski definition) is 1. The average Bonchev–Trinajstić information content (AvgIpc) is 3.05. The number of carbonyl (C=O) groups excluding carboxylic acids is 1. The molecule has 0 atom stereocenters. The van der Waals surface area contributed by atoms with Crippen LogP contribution in [0.25, 0.3) is 0 Å². The van der Waals surface area contributed by atoms with E-state index >= 15 is 0 Å². The molecule has 1 aliphatic heterocycles. The summed E-state index contributed by atoms with van der Waals surface area (Å²) in [6.07, 6.45) is 0.704. The van der Waals surface area contributed by atoms with Crippen molar-refractivity contribution in [3.05, 3.63) is 34.8 Å². The smallest absolute Gasteiger partial charge is 0.269 e. The predicted octanol–water partition coefficient (Wildman–Crippen LogP) is 2.19. The lowest BCUT2D eigenvalue weighted by Gasteiger charge is -2.28. The first-order valence-electron chi connectivity index (χ1n) is 7.33. The van der Waals surface area contributed by atoms with Crippen LogP contribution >= 0.6 is 11.5 Å². The van der Waals surface area contributed by atoms with Crippen molar-refractivity contribution >= 4 is 28.8 Å². The molecule has 1 fully saturated rings. The van der Waals surface area contributed by atoms with Crippen LogP contribution in [0.3, 0.4) is 0 Å². The highest BCUT2D eigenvalue weighted by atomic mass is 32.1. The lowest BCUT2D eigenvalue weighted by molar-refractivity contribution is 0.102. The minimum Gasteiger partial charge on any atom is -0.378 e. The van der Waals surface area contributed by atoms with Gasteiger partial charge in [0.1, 0.15) is 4.88 Å². The zero-order valence-corrected chi connectivity index (χ0v) is 13.2. The molecule has 6 nitrogen and oxygen atoms in total. The highest BCUT2D eigenvalue weighted by molar-refractivity contribution is 7.08. The lowest BCUT2D eigenvalue weighted by atomic mass is 10.2. The topological polar surface area (TPSA) is 67.4 Å². The number of aryl methyl sites for hydroxylation is 1. The van der Waals surface area contributed by atoms with Crippen molar-refractivity contribution in [2.24, 2.45) is 0 Å². The Labute approximate surface area is 133 Å². The number of carbonyl (C=O) groups is 1. The summed E-state index contributed by atoms with van der Waals surface area (Å²) in [6.45, 7) is 5.29. The highest BCUT2D eigenvalue weighted by Gasteiger charge is 2.15.